The molecule has 0 saturated heterocycles. The number of hydrogen-bond acceptors (Lipinski definition) is 2. The molecular formula is C12H11ClN2O2. The van der Waals surface area contributed by atoms with E-state index in [0.29, 0.717) is 10.6 Å². The molecule has 0 unspecified atom stereocenters. The lowest BCUT2D eigenvalue weighted by Gasteiger charge is -2.05. The molecule has 2 rings (SSSR count). The Morgan fingerprint density at radius 3 is 2.65 bits per heavy atom. The standard InChI is InChI=1S/C12H11ClN2O2/c1-7-10(6-14-15(7)2)9-5-8(12(16)17)3-4-11(9)13/h3-6H,1-2H3,(H,16,17). The van der Waals surface area contributed by atoms with E-state index >= 15 is 0 Å². The van der Waals surface area contributed by atoms with E-state index in [0.717, 1.165) is 11.3 Å². The SMILES string of the molecule is Cc1c(-c2cc(C(=O)O)ccc2Cl)cnn1C. The quantitative estimate of drug-likeness (QED) is 0.892. The highest BCUT2D eigenvalue weighted by molar-refractivity contribution is 6.33. The van der Waals surface area contributed by atoms with E-state index in [1.165, 1.54) is 6.07 Å². The highest BCUT2D eigenvalue weighted by Crippen LogP contribution is 2.30. The first-order valence-electron chi connectivity index (χ1n) is 5.02. The number of carboxylic acids is 1. The number of halogens is 1. The summed E-state index contributed by atoms with van der Waals surface area (Å²) in [5.74, 6) is -0.968. The third kappa shape index (κ3) is 2.03. The second-order valence-corrected chi connectivity index (χ2v) is 4.17. The lowest BCUT2D eigenvalue weighted by Crippen LogP contribution is -1.97. The zero-order valence-corrected chi connectivity index (χ0v) is 10.2. The third-order valence-corrected chi connectivity index (χ3v) is 3.07. The summed E-state index contributed by atoms with van der Waals surface area (Å²) >= 11 is 6.09. The monoisotopic (exact) mass is 250 g/mol. The molecule has 1 heterocycles. The van der Waals surface area contributed by atoms with Crippen molar-refractivity contribution in [2.75, 3.05) is 0 Å². The van der Waals surface area contributed by atoms with Crippen molar-refractivity contribution in [1.29, 1.82) is 0 Å². The lowest BCUT2D eigenvalue weighted by atomic mass is 10.0. The predicted molar refractivity (Wildman–Crippen MR) is 65.4 cm³/mol. The second-order valence-electron chi connectivity index (χ2n) is 3.77. The van der Waals surface area contributed by atoms with Crippen LogP contribution in [0.3, 0.4) is 0 Å². The van der Waals surface area contributed by atoms with Crippen molar-refractivity contribution in [3.05, 3.63) is 40.7 Å². The number of carboxylic acid groups (broad SMARTS) is 1. The molecule has 0 radical (unpaired) electrons. The molecule has 5 heteroatoms. The van der Waals surface area contributed by atoms with Crippen LogP contribution in [-0.2, 0) is 7.05 Å². The van der Waals surface area contributed by atoms with E-state index in [2.05, 4.69) is 5.10 Å². The van der Waals surface area contributed by atoms with Gasteiger partial charge in [-0.05, 0) is 25.1 Å². The molecular weight excluding hydrogens is 240 g/mol. The fourth-order valence-electron chi connectivity index (χ4n) is 1.63. The van der Waals surface area contributed by atoms with Gasteiger partial charge in [-0.15, -0.1) is 0 Å². The summed E-state index contributed by atoms with van der Waals surface area (Å²) in [6, 6.07) is 4.64. The molecule has 1 aromatic heterocycles. The first-order chi connectivity index (χ1) is 8.00. The van der Waals surface area contributed by atoms with E-state index in [9.17, 15) is 4.79 Å². The molecule has 1 aromatic carbocycles. The molecule has 1 N–H and O–H groups in total. The second kappa shape index (κ2) is 4.22. The number of nitrogens with zero attached hydrogens (tertiary/aromatic N) is 2. The summed E-state index contributed by atoms with van der Waals surface area (Å²) < 4.78 is 1.72. The Labute approximate surface area is 103 Å². The molecule has 0 fully saturated rings. The van der Waals surface area contributed by atoms with Gasteiger partial charge < -0.3 is 5.11 Å². The molecule has 0 aliphatic heterocycles. The summed E-state index contributed by atoms with van der Waals surface area (Å²) in [7, 11) is 1.83. The number of benzene rings is 1. The Bertz CT molecular complexity index is 590. The van der Waals surface area contributed by atoms with Crippen molar-refractivity contribution < 1.29 is 9.90 Å². The molecule has 0 amide bonds. The minimum Gasteiger partial charge on any atom is -0.478 e. The molecule has 88 valence electrons. The van der Waals surface area contributed by atoms with Crippen LogP contribution in [0.1, 0.15) is 16.1 Å². The fourth-order valence-corrected chi connectivity index (χ4v) is 1.85. The third-order valence-electron chi connectivity index (χ3n) is 2.74. The van der Waals surface area contributed by atoms with Gasteiger partial charge in [0.05, 0.1) is 11.8 Å². The fraction of sp³-hybridized carbons (Fsp3) is 0.167. The van der Waals surface area contributed by atoms with Crippen molar-refractivity contribution in [1.82, 2.24) is 9.78 Å². The molecule has 0 aliphatic carbocycles. The number of carbonyl (C=O) groups is 1. The smallest absolute Gasteiger partial charge is 0.335 e. The van der Waals surface area contributed by atoms with Gasteiger partial charge in [0.15, 0.2) is 0 Å². The van der Waals surface area contributed by atoms with Crippen molar-refractivity contribution in [2.45, 2.75) is 6.92 Å². The van der Waals surface area contributed by atoms with Gasteiger partial charge in [-0.2, -0.15) is 5.10 Å². The Morgan fingerprint density at radius 1 is 1.41 bits per heavy atom. The van der Waals surface area contributed by atoms with Crippen molar-refractivity contribution >= 4 is 17.6 Å². The maximum Gasteiger partial charge on any atom is 0.335 e. The van der Waals surface area contributed by atoms with E-state index in [1.807, 2.05) is 14.0 Å². The topological polar surface area (TPSA) is 55.1 Å². The Balaban J connectivity index is 2.62. The normalized spacial score (nSPS) is 10.5. The predicted octanol–water partition coefficient (Wildman–Crippen LogP) is 2.75. The summed E-state index contributed by atoms with van der Waals surface area (Å²) in [5, 5.41) is 13.6. The number of aromatic carboxylic acids is 1. The zero-order valence-electron chi connectivity index (χ0n) is 9.44. The van der Waals surface area contributed by atoms with Gasteiger partial charge in [-0.3, -0.25) is 4.68 Å². The molecule has 0 aliphatic rings. The zero-order chi connectivity index (χ0) is 12.6. The maximum absolute atomic E-state index is 10.9. The summed E-state index contributed by atoms with van der Waals surface area (Å²) in [6.45, 7) is 1.91. The minimum atomic E-state index is -0.968. The van der Waals surface area contributed by atoms with Crippen molar-refractivity contribution in [3.63, 3.8) is 0 Å². The number of hydrogen-bond donors (Lipinski definition) is 1. The van der Waals surface area contributed by atoms with Gasteiger partial charge in [0.1, 0.15) is 0 Å². The van der Waals surface area contributed by atoms with Crippen LogP contribution >= 0.6 is 11.6 Å². The molecule has 4 nitrogen and oxygen atoms in total. The molecule has 0 bridgehead atoms. The lowest BCUT2D eigenvalue weighted by molar-refractivity contribution is 0.0697. The molecule has 17 heavy (non-hydrogen) atoms. The molecule has 0 atom stereocenters. The summed E-state index contributed by atoms with van der Waals surface area (Å²) in [6.07, 6.45) is 1.68. The number of aryl methyl sites for hydroxylation is 1. The average molecular weight is 251 g/mol. The first kappa shape index (κ1) is 11.7. The molecule has 2 aromatic rings. The largest absolute Gasteiger partial charge is 0.478 e. The van der Waals surface area contributed by atoms with E-state index < -0.39 is 5.97 Å². The van der Waals surface area contributed by atoms with Gasteiger partial charge in [0.25, 0.3) is 0 Å². The number of aromatic nitrogens is 2. The Kier molecular flexibility index (Phi) is 2.90. The highest BCUT2D eigenvalue weighted by atomic mass is 35.5. The maximum atomic E-state index is 10.9. The van der Waals surface area contributed by atoms with E-state index in [-0.39, 0.29) is 5.56 Å². The van der Waals surface area contributed by atoms with Crippen LogP contribution < -0.4 is 0 Å². The Morgan fingerprint density at radius 2 is 2.12 bits per heavy atom. The van der Waals surface area contributed by atoms with Gasteiger partial charge in [0.2, 0.25) is 0 Å². The minimum absolute atomic E-state index is 0.215. The van der Waals surface area contributed by atoms with Gasteiger partial charge in [-0.1, -0.05) is 11.6 Å². The Hall–Kier alpha value is -1.81. The number of rotatable bonds is 2. The van der Waals surface area contributed by atoms with Crippen LogP contribution in [-0.4, -0.2) is 20.9 Å². The van der Waals surface area contributed by atoms with Gasteiger partial charge in [0, 0.05) is 28.9 Å². The van der Waals surface area contributed by atoms with Crippen LogP contribution in [0.2, 0.25) is 5.02 Å². The van der Waals surface area contributed by atoms with Crippen molar-refractivity contribution in [2.24, 2.45) is 7.05 Å². The van der Waals surface area contributed by atoms with Crippen LogP contribution in [0.4, 0.5) is 0 Å². The highest BCUT2D eigenvalue weighted by Gasteiger charge is 2.13. The van der Waals surface area contributed by atoms with Gasteiger partial charge in [-0.25, -0.2) is 4.79 Å². The van der Waals surface area contributed by atoms with Crippen LogP contribution in [0.5, 0.6) is 0 Å². The summed E-state index contributed by atoms with van der Waals surface area (Å²) in [4.78, 5) is 10.9. The van der Waals surface area contributed by atoms with E-state index in [1.54, 1.807) is 23.0 Å². The van der Waals surface area contributed by atoms with Crippen LogP contribution in [0, 0.1) is 6.92 Å². The van der Waals surface area contributed by atoms with Crippen molar-refractivity contribution in [3.8, 4) is 11.1 Å². The van der Waals surface area contributed by atoms with Crippen LogP contribution in [0.15, 0.2) is 24.4 Å². The van der Waals surface area contributed by atoms with Gasteiger partial charge >= 0.3 is 5.97 Å². The average Bonchev–Trinajstić information content (AvgIpc) is 2.60. The summed E-state index contributed by atoms with van der Waals surface area (Å²) in [5.41, 5.74) is 2.69. The van der Waals surface area contributed by atoms with Crippen LogP contribution in [0.25, 0.3) is 11.1 Å². The molecule has 0 spiro atoms. The first-order valence-corrected chi connectivity index (χ1v) is 5.40. The van der Waals surface area contributed by atoms with E-state index in [4.69, 9.17) is 16.7 Å². The molecule has 0 saturated carbocycles.